The summed E-state index contributed by atoms with van der Waals surface area (Å²) in [5.41, 5.74) is 5.06. The number of nitrogens with two attached hydrogens (primary N) is 1. The minimum absolute atomic E-state index is 0.292. The predicted molar refractivity (Wildman–Crippen MR) is 66.3 cm³/mol. The quantitative estimate of drug-likeness (QED) is 0.265. The van der Waals surface area contributed by atoms with Gasteiger partial charge in [-0.15, -0.1) is 0 Å². The van der Waals surface area contributed by atoms with E-state index in [1.807, 2.05) is 5.32 Å². The second-order valence-electron chi connectivity index (χ2n) is 3.85. The Balaban J connectivity index is 4.40. The minimum atomic E-state index is -1.31. The van der Waals surface area contributed by atoms with Crippen molar-refractivity contribution in [2.75, 3.05) is 19.7 Å². The van der Waals surface area contributed by atoms with Crippen LogP contribution in [0.2, 0.25) is 0 Å². The molecule has 0 saturated carbocycles. The minimum Gasteiger partial charge on any atom is -0.480 e. The van der Waals surface area contributed by atoms with E-state index in [1.54, 1.807) is 0 Å². The highest BCUT2D eigenvalue weighted by Crippen LogP contribution is 1.88. The zero-order valence-electron chi connectivity index (χ0n) is 10.9. The first-order chi connectivity index (χ1) is 9.31. The molecule has 0 heterocycles. The van der Waals surface area contributed by atoms with Crippen LogP contribution >= 0.6 is 0 Å². The van der Waals surface area contributed by atoms with E-state index in [9.17, 15) is 19.2 Å². The number of aliphatic carboxylic acids is 1. The van der Waals surface area contributed by atoms with Gasteiger partial charge >= 0.3 is 5.97 Å². The number of aliphatic hydroxyl groups is 1. The Morgan fingerprint density at radius 1 is 1.15 bits per heavy atom. The van der Waals surface area contributed by atoms with Crippen LogP contribution in [0, 0.1) is 0 Å². The zero-order valence-corrected chi connectivity index (χ0v) is 10.9. The molecular weight excluding hydrogens is 272 g/mol. The Labute approximate surface area is 114 Å². The van der Waals surface area contributed by atoms with Gasteiger partial charge in [0.25, 0.3) is 0 Å². The smallest absolute Gasteiger partial charge is 0.322 e. The first-order valence-electron chi connectivity index (χ1n) is 5.72. The summed E-state index contributed by atoms with van der Waals surface area (Å²) < 4.78 is 0. The molecule has 114 valence electrons. The third-order valence-electron chi connectivity index (χ3n) is 2.19. The fourth-order valence-corrected chi connectivity index (χ4v) is 1.14. The lowest BCUT2D eigenvalue weighted by Crippen LogP contribution is -2.55. The summed E-state index contributed by atoms with van der Waals surface area (Å²) in [5, 5.41) is 23.8. The van der Waals surface area contributed by atoms with Crippen LogP contribution in [0.5, 0.6) is 0 Å². The van der Waals surface area contributed by atoms with Crippen molar-refractivity contribution >= 4 is 23.7 Å². The average Bonchev–Trinajstić information content (AvgIpc) is 2.41. The number of hydrogen-bond donors (Lipinski definition) is 6. The number of aliphatic hydroxyl groups excluding tert-OH is 1. The van der Waals surface area contributed by atoms with Gasteiger partial charge in [-0.2, -0.15) is 0 Å². The van der Waals surface area contributed by atoms with Gasteiger partial charge in [-0.25, -0.2) is 0 Å². The third-order valence-corrected chi connectivity index (χ3v) is 2.19. The molecule has 10 heteroatoms. The molecule has 7 N–H and O–H groups in total. The molecule has 0 radical (unpaired) electrons. The van der Waals surface area contributed by atoms with Crippen molar-refractivity contribution in [2.24, 2.45) is 5.73 Å². The highest BCUT2D eigenvalue weighted by atomic mass is 16.4. The van der Waals surface area contributed by atoms with Crippen LogP contribution < -0.4 is 21.7 Å². The molecule has 0 aromatic rings. The predicted octanol–water partition coefficient (Wildman–Crippen LogP) is -3.87. The van der Waals surface area contributed by atoms with Crippen molar-refractivity contribution in [3.63, 3.8) is 0 Å². The van der Waals surface area contributed by atoms with Crippen molar-refractivity contribution in [2.45, 2.75) is 19.0 Å². The van der Waals surface area contributed by atoms with Crippen LogP contribution in [0.1, 0.15) is 6.92 Å². The number of carboxylic acids is 1. The number of hydrogen-bond acceptors (Lipinski definition) is 6. The lowest BCUT2D eigenvalue weighted by Gasteiger charge is -2.19. The molecule has 0 bridgehead atoms. The van der Waals surface area contributed by atoms with Crippen LogP contribution in [0.15, 0.2) is 0 Å². The summed E-state index contributed by atoms with van der Waals surface area (Å²) in [7, 11) is 0. The van der Waals surface area contributed by atoms with E-state index in [4.69, 9.17) is 15.9 Å². The molecule has 0 aliphatic carbocycles. The summed E-state index contributed by atoms with van der Waals surface area (Å²) >= 11 is 0. The van der Waals surface area contributed by atoms with E-state index in [2.05, 4.69) is 10.6 Å². The normalized spacial score (nSPS) is 12.9. The van der Waals surface area contributed by atoms with E-state index >= 15 is 0 Å². The number of rotatable bonds is 8. The molecule has 0 spiro atoms. The van der Waals surface area contributed by atoms with Crippen molar-refractivity contribution in [3.05, 3.63) is 0 Å². The second kappa shape index (κ2) is 8.82. The van der Waals surface area contributed by atoms with Gasteiger partial charge in [0, 0.05) is 0 Å². The van der Waals surface area contributed by atoms with Gasteiger partial charge < -0.3 is 31.9 Å². The number of carbonyl (C=O) groups excluding carboxylic acids is 3. The summed E-state index contributed by atoms with van der Waals surface area (Å²) in [6.07, 6.45) is 0. The van der Waals surface area contributed by atoms with Gasteiger partial charge in [0.05, 0.1) is 13.2 Å². The zero-order chi connectivity index (χ0) is 15.7. The van der Waals surface area contributed by atoms with Gasteiger partial charge in [0.2, 0.25) is 17.7 Å². The number of amides is 3. The van der Waals surface area contributed by atoms with Gasteiger partial charge in [-0.3, -0.25) is 19.2 Å². The lowest BCUT2D eigenvalue weighted by atomic mass is 10.2. The van der Waals surface area contributed by atoms with E-state index in [0.29, 0.717) is 0 Å². The topological polar surface area (TPSA) is 171 Å². The number of nitrogens with one attached hydrogen (secondary N) is 3. The van der Waals surface area contributed by atoms with E-state index in [0.717, 1.165) is 0 Å². The standard InChI is InChI=1S/C10H18N4O6/c1-5(13-7(16)2-11)9(19)14-6(4-15)10(20)12-3-8(17)18/h5-6,15H,2-4,11H2,1H3,(H,12,20)(H,13,16)(H,14,19)(H,17,18). The lowest BCUT2D eigenvalue weighted by molar-refractivity contribution is -0.138. The average molecular weight is 290 g/mol. The number of carbonyl (C=O) groups is 4. The third kappa shape index (κ3) is 6.66. The summed E-state index contributed by atoms with van der Waals surface area (Å²) in [4.78, 5) is 44.3. The van der Waals surface area contributed by atoms with Crippen molar-refractivity contribution in [3.8, 4) is 0 Å². The number of carboxylic acid groups (broad SMARTS) is 1. The van der Waals surface area contributed by atoms with Gasteiger partial charge in [0.15, 0.2) is 0 Å². The van der Waals surface area contributed by atoms with Crippen molar-refractivity contribution in [1.82, 2.24) is 16.0 Å². The maximum absolute atomic E-state index is 11.6. The maximum Gasteiger partial charge on any atom is 0.322 e. The van der Waals surface area contributed by atoms with E-state index in [-0.39, 0.29) is 6.54 Å². The van der Waals surface area contributed by atoms with Crippen LogP contribution in [-0.4, -0.2) is 65.7 Å². The molecular formula is C10H18N4O6. The van der Waals surface area contributed by atoms with Gasteiger partial charge in [-0.05, 0) is 6.92 Å². The largest absolute Gasteiger partial charge is 0.480 e. The van der Waals surface area contributed by atoms with Gasteiger partial charge in [-0.1, -0.05) is 0 Å². The van der Waals surface area contributed by atoms with Crippen LogP contribution in [0.3, 0.4) is 0 Å². The highest BCUT2D eigenvalue weighted by Gasteiger charge is 2.23. The fraction of sp³-hybridized carbons (Fsp3) is 0.600. The summed E-state index contributed by atoms with van der Waals surface area (Å²) in [6.45, 7) is -0.272. The molecule has 0 rings (SSSR count). The Kier molecular flexibility index (Phi) is 7.85. The molecule has 3 amide bonds. The van der Waals surface area contributed by atoms with E-state index in [1.165, 1.54) is 6.92 Å². The fourth-order valence-electron chi connectivity index (χ4n) is 1.14. The molecule has 20 heavy (non-hydrogen) atoms. The van der Waals surface area contributed by atoms with Crippen molar-refractivity contribution in [1.29, 1.82) is 0 Å². The molecule has 2 unspecified atom stereocenters. The molecule has 0 aliphatic heterocycles. The summed E-state index contributed by atoms with van der Waals surface area (Å²) in [6, 6.07) is -2.26. The SMILES string of the molecule is CC(NC(=O)CN)C(=O)NC(CO)C(=O)NCC(=O)O. The monoisotopic (exact) mass is 290 g/mol. The molecule has 0 saturated heterocycles. The molecule has 0 fully saturated rings. The first-order valence-corrected chi connectivity index (χ1v) is 5.72. The molecule has 2 atom stereocenters. The first kappa shape index (κ1) is 17.8. The Morgan fingerprint density at radius 3 is 2.20 bits per heavy atom. The van der Waals surface area contributed by atoms with Crippen LogP contribution in [0.4, 0.5) is 0 Å². The van der Waals surface area contributed by atoms with Crippen molar-refractivity contribution < 1.29 is 29.4 Å². The second-order valence-corrected chi connectivity index (χ2v) is 3.85. The van der Waals surface area contributed by atoms with Crippen LogP contribution in [-0.2, 0) is 19.2 Å². The molecule has 0 aliphatic rings. The van der Waals surface area contributed by atoms with Crippen LogP contribution in [0.25, 0.3) is 0 Å². The Hall–Kier alpha value is -2.20. The Morgan fingerprint density at radius 2 is 1.75 bits per heavy atom. The molecule has 10 nitrogen and oxygen atoms in total. The summed E-state index contributed by atoms with van der Waals surface area (Å²) in [5.74, 6) is -3.37. The van der Waals surface area contributed by atoms with Gasteiger partial charge in [0.1, 0.15) is 18.6 Å². The molecule has 0 aromatic carbocycles. The van der Waals surface area contributed by atoms with E-state index < -0.39 is 48.9 Å². The highest BCUT2D eigenvalue weighted by molar-refractivity contribution is 5.92. The Bertz CT molecular complexity index is 386. The maximum atomic E-state index is 11.6. The molecule has 0 aromatic heterocycles.